The number of nitrogens with one attached hydrogen (secondary N) is 1. The average molecular weight is 242 g/mol. The summed E-state index contributed by atoms with van der Waals surface area (Å²) in [7, 11) is 0. The summed E-state index contributed by atoms with van der Waals surface area (Å²) in [4.78, 5) is 0. The van der Waals surface area contributed by atoms with Gasteiger partial charge in [0.2, 0.25) is 0 Å². The van der Waals surface area contributed by atoms with E-state index in [4.69, 9.17) is 10.5 Å². The van der Waals surface area contributed by atoms with Gasteiger partial charge in [0.15, 0.2) is 0 Å². The first-order valence-corrected chi connectivity index (χ1v) is 7.17. The van der Waals surface area contributed by atoms with Crippen molar-refractivity contribution in [3.8, 4) is 0 Å². The van der Waals surface area contributed by atoms with Crippen LogP contribution in [0.3, 0.4) is 0 Å². The van der Waals surface area contributed by atoms with Gasteiger partial charge in [0.25, 0.3) is 0 Å². The lowest BCUT2D eigenvalue weighted by atomic mass is 9.77. The fourth-order valence-electron chi connectivity index (χ4n) is 2.54. The highest BCUT2D eigenvalue weighted by Gasteiger charge is 2.31. The molecule has 1 aliphatic rings. The highest BCUT2D eigenvalue weighted by molar-refractivity contribution is 4.87. The number of nitrogens with two attached hydrogens (primary N) is 1. The van der Waals surface area contributed by atoms with Crippen molar-refractivity contribution in [3.63, 3.8) is 0 Å². The van der Waals surface area contributed by atoms with Crippen LogP contribution in [-0.2, 0) is 4.74 Å². The summed E-state index contributed by atoms with van der Waals surface area (Å²) in [5, 5.41) is 3.61. The first-order valence-electron chi connectivity index (χ1n) is 7.17. The van der Waals surface area contributed by atoms with Crippen molar-refractivity contribution in [3.05, 3.63) is 0 Å². The van der Waals surface area contributed by atoms with E-state index in [1.807, 2.05) is 0 Å². The Morgan fingerprint density at radius 1 is 1.18 bits per heavy atom. The van der Waals surface area contributed by atoms with E-state index < -0.39 is 0 Å². The predicted octanol–water partition coefficient (Wildman–Crippen LogP) is 2.30. The average Bonchev–Trinajstić information content (AvgIpc) is 2.39. The monoisotopic (exact) mass is 242 g/mol. The Morgan fingerprint density at radius 2 is 1.76 bits per heavy atom. The second kappa shape index (κ2) is 6.72. The molecule has 0 atom stereocenters. The largest absolute Gasteiger partial charge is 0.381 e. The Morgan fingerprint density at radius 3 is 2.24 bits per heavy atom. The molecule has 1 saturated heterocycles. The summed E-state index contributed by atoms with van der Waals surface area (Å²) in [6, 6.07) is 0. The van der Waals surface area contributed by atoms with Crippen molar-refractivity contribution in [2.45, 2.75) is 58.4 Å². The van der Waals surface area contributed by atoms with Crippen molar-refractivity contribution in [1.82, 2.24) is 5.32 Å². The fourth-order valence-corrected chi connectivity index (χ4v) is 2.54. The third-order valence-electron chi connectivity index (χ3n) is 4.69. The summed E-state index contributed by atoms with van der Waals surface area (Å²) in [6.07, 6.45) is 5.69. The third-order valence-corrected chi connectivity index (χ3v) is 4.69. The van der Waals surface area contributed by atoms with Gasteiger partial charge in [0.1, 0.15) is 0 Å². The minimum Gasteiger partial charge on any atom is -0.381 e. The number of hydrogen-bond donors (Lipinski definition) is 2. The molecule has 3 nitrogen and oxygen atoms in total. The van der Waals surface area contributed by atoms with Crippen molar-refractivity contribution in [1.29, 1.82) is 0 Å². The molecule has 1 rings (SSSR count). The molecule has 0 bridgehead atoms. The zero-order chi connectivity index (χ0) is 12.8. The van der Waals surface area contributed by atoms with Crippen LogP contribution in [0.1, 0.15) is 52.9 Å². The highest BCUT2D eigenvalue weighted by atomic mass is 16.5. The van der Waals surface area contributed by atoms with Crippen LogP contribution in [0.25, 0.3) is 0 Å². The van der Waals surface area contributed by atoms with E-state index in [0.717, 1.165) is 39.1 Å². The number of hydrogen-bond acceptors (Lipinski definition) is 3. The molecule has 0 unspecified atom stereocenters. The molecule has 0 aromatic rings. The van der Waals surface area contributed by atoms with E-state index in [-0.39, 0.29) is 5.54 Å². The molecule has 102 valence electrons. The summed E-state index contributed by atoms with van der Waals surface area (Å²) < 4.78 is 5.46. The summed E-state index contributed by atoms with van der Waals surface area (Å²) in [6.45, 7) is 10.5. The quantitative estimate of drug-likeness (QED) is 0.720. The van der Waals surface area contributed by atoms with Gasteiger partial charge < -0.3 is 15.8 Å². The molecule has 17 heavy (non-hydrogen) atoms. The second-order valence-corrected chi connectivity index (χ2v) is 5.64. The SMILES string of the molecule is CCC(N)(CC)CNCC1(CC)CCOCC1. The van der Waals surface area contributed by atoms with Gasteiger partial charge in [-0.05, 0) is 37.5 Å². The van der Waals surface area contributed by atoms with E-state index in [1.165, 1.54) is 19.3 Å². The molecule has 1 fully saturated rings. The topological polar surface area (TPSA) is 47.3 Å². The first-order chi connectivity index (χ1) is 8.10. The molecular formula is C14H30N2O. The third kappa shape index (κ3) is 4.23. The van der Waals surface area contributed by atoms with Gasteiger partial charge in [-0.3, -0.25) is 0 Å². The zero-order valence-corrected chi connectivity index (χ0v) is 11.8. The molecule has 1 heterocycles. The van der Waals surface area contributed by atoms with Gasteiger partial charge in [-0.2, -0.15) is 0 Å². The Kier molecular flexibility index (Phi) is 5.90. The van der Waals surface area contributed by atoms with Crippen molar-refractivity contribution in [2.75, 3.05) is 26.3 Å². The van der Waals surface area contributed by atoms with E-state index >= 15 is 0 Å². The lowest BCUT2D eigenvalue weighted by molar-refractivity contribution is 0.0122. The van der Waals surface area contributed by atoms with Crippen LogP contribution in [0.4, 0.5) is 0 Å². The van der Waals surface area contributed by atoms with Crippen molar-refractivity contribution in [2.24, 2.45) is 11.1 Å². The molecule has 3 heteroatoms. The maximum atomic E-state index is 6.31. The molecule has 0 spiro atoms. The number of rotatable bonds is 7. The molecule has 0 aliphatic carbocycles. The maximum absolute atomic E-state index is 6.31. The predicted molar refractivity (Wildman–Crippen MR) is 73.1 cm³/mol. The second-order valence-electron chi connectivity index (χ2n) is 5.64. The minimum atomic E-state index is -0.0277. The van der Waals surface area contributed by atoms with E-state index in [9.17, 15) is 0 Å². The summed E-state index contributed by atoms with van der Waals surface area (Å²) in [5.41, 5.74) is 6.73. The van der Waals surface area contributed by atoms with Crippen LogP contribution in [0.15, 0.2) is 0 Å². The van der Waals surface area contributed by atoms with Crippen molar-refractivity contribution < 1.29 is 4.74 Å². The highest BCUT2D eigenvalue weighted by Crippen LogP contribution is 2.33. The van der Waals surface area contributed by atoms with Gasteiger partial charge in [0.05, 0.1) is 0 Å². The Labute approximate surface area is 106 Å². The van der Waals surface area contributed by atoms with E-state index in [2.05, 4.69) is 26.1 Å². The van der Waals surface area contributed by atoms with Crippen LogP contribution in [0, 0.1) is 5.41 Å². The molecule has 1 aliphatic heterocycles. The molecule has 3 N–H and O–H groups in total. The molecule has 0 amide bonds. The van der Waals surface area contributed by atoms with Crippen LogP contribution >= 0.6 is 0 Å². The Bertz CT molecular complexity index is 208. The lowest BCUT2D eigenvalue weighted by Crippen LogP contribution is -2.50. The first kappa shape index (κ1) is 14.9. The van der Waals surface area contributed by atoms with Gasteiger partial charge in [-0.25, -0.2) is 0 Å². The summed E-state index contributed by atoms with van der Waals surface area (Å²) >= 11 is 0. The Hall–Kier alpha value is -0.120. The van der Waals surface area contributed by atoms with E-state index in [1.54, 1.807) is 0 Å². The maximum Gasteiger partial charge on any atom is 0.0471 e. The normalized spacial score (nSPS) is 20.5. The molecule has 0 saturated carbocycles. The van der Waals surface area contributed by atoms with Gasteiger partial charge in [0, 0.05) is 31.8 Å². The molecule has 0 radical (unpaired) electrons. The van der Waals surface area contributed by atoms with Crippen LogP contribution in [0.5, 0.6) is 0 Å². The van der Waals surface area contributed by atoms with Crippen molar-refractivity contribution >= 4 is 0 Å². The molecular weight excluding hydrogens is 212 g/mol. The minimum absolute atomic E-state index is 0.0277. The van der Waals surface area contributed by atoms with Gasteiger partial charge in [-0.15, -0.1) is 0 Å². The smallest absolute Gasteiger partial charge is 0.0471 e. The lowest BCUT2D eigenvalue weighted by Gasteiger charge is -2.38. The standard InChI is InChI=1S/C14H30N2O/c1-4-13(7-9-17-10-8-13)11-16-12-14(15,5-2)6-3/h16H,4-12,15H2,1-3H3. The van der Waals surface area contributed by atoms with Gasteiger partial charge >= 0.3 is 0 Å². The summed E-state index contributed by atoms with van der Waals surface area (Å²) in [5.74, 6) is 0. The molecule has 0 aromatic carbocycles. The number of ether oxygens (including phenoxy) is 1. The Balaban J connectivity index is 2.37. The molecule has 0 aromatic heterocycles. The van der Waals surface area contributed by atoms with Crippen LogP contribution < -0.4 is 11.1 Å². The van der Waals surface area contributed by atoms with Crippen LogP contribution in [0.2, 0.25) is 0 Å². The van der Waals surface area contributed by atoms with Gasteiger partial charge in [-0.1, -0.05) is 20.8 Å². The fraction of sp³-hybridized carbons (Fsp3) is 1.00. The van der Waals surface area contributed by atoms with Crippen LogP contribution in [-0.4, -0.2) is 31.8 Å². The zero-order valence-electron chi connectivity index (χ0n) is 11.8. The van der Waals surface area contributed by atoms with E-state index in [0.29, 0.717) is 5.41 Å².